The highest BCUT2D eigenvalue weighted by Gasteiger charge is 2.24. The summed E-state index contributed by atoms with van der Waals surface area (Å²) in [5.74, 6) is 1.78. The third kappa shape index (κ3) is 4.34. The standard InChI is InChI=1S/C17H30N4/c1-5-11-21-12-8-15(9-13-21)14(2)19-16-7-6-10-18-17(16)20(3)4/h6-7,10,14-15,19H,5,8-9,11-13H2,1-4H3. The van der Waals surface area contributed by atoms with E-state index in [1.54, 1.807) is 0 Å². The summed E-state index contributed by atoms with van der Waals surface area (Å²) in [7, 11) is 4.09. The van der Waals surface area contributed by atoms with E-state index in [1.165, 1.54) is 38.9 Å². The average Bonchev–Trinajstić information content (AvgIpc) is 2.48. The second-order valence-electron chi connectivity index (χ2n) is 6.38. The van der Waals surface area contributed by atoms with Crippen LogP contribution in [0, 0.1) is 5.92 Å². The third-order valence-corrected chi connectivity index (χ3v) is 4.47. The van der Waals surface area contributed by atoms with Gasteiger partial charge in [-0.15, -0.1) is 0 Å². The van der Waals surface area contributed by atoms with Gasteiger partial charge in [0.2, 0.25) is 0 Å². The molecule has 0 saturated carbocycles. The van der Waals surface area contributed by atoms with Crippen LogP contribution < -0.4 is 10.2 Å². The van der Waals surface area contributed by atoms with Gasteiger partial charge in [-0.1, -0.05) is 6.92 Å². The van der Waals surface area contributed by atoms with Crippen molar-refractivity contribution in [2.45, 2.75) is 39.2 Å². The first-order chi connectivity index (χ1) is 10.1. The number of hydrogen-bond acceptors (Lipinski definition) is 4. The Kier molecular flexibility index (Phi) is 5.85. The van der Waals surface area contributed by atoms with Crippen LogP contribution in [0.2, 0.25) is 0 Å². The van der Waals surface area contributed by atoms with Crippen molar-refractivity contribution in [3.05, 3.63) is 18.3 Å². The predicted molar refractivity (Wildman–Crippen MR) is 91.1 cm³/mol. The second kappa shape index (κ2) is 7.64. The molecule has 1 N–H and O–H groups in total. The number of piperidine rings is 1. The summed E-state index contributed by atoms with van der Waals surface area (Å²) >= 11 is 0. The van der Waals surface area contributed by atoms with Gasteiger partial charge in [0, 0.05) is 26.3 Å². The lowest BCUT2D eigenvalue weighted by molar-refractivity contribution is 0.176. The normalized spacial score (nSPS) is 18.5. The summed E-state index contributed by atoms with van der Waals surface area (Å²) < 4.78 is 0. The molecule has 0 bridgehead atoms. The predicted octanol–water partition coefficient (Wildman–Crippen LogP) is 3.07. The molecule has 1 saturated heterocycles. The van der Waals surface area contributed by atoms with Crippen LogP contribution in [0.1, 0.15) is 33.1 Å². The quantitative estimate of drug-likeness (QED) is 0.872. The molecule has 2 heterocycles. The SMILES string of the molecule is CCCN1CCC(C(C)Nc2cccnc2N(C)C)CC1. The van der Waals surface area contributed by atoms with Crippen LogP contribution in [-0.4, -0.2) is 49.7 Å². The number of likely N-dealkylation sites (tertiary alicyclic amines) is 1. The molecule has 2 rings (SSSR count). The molecule has 0 amide bonds. The van der Waals surface area contributed by atoms with Crippen LogP contribution in [0.15, 0.2) is 18.3 Å². The molecule has 1 aromatic rings. The molecule has 0 radical (unpaired) electrons. The molecule has 0 aromatic carbocycles. The molecule has 1 unspecified atom stereocenters. The monoisotopic (exact) mass is 290 g/mol. The van der Waals surface area contributed by atoms with Crippen molar-refractivity contribution >= 4 is 11.5 Å². The van der Waals surface area contributed by atoms with Gasteiger partial charge >= 0.3 is 0 Å². The summed E-state index contributed by atoms with van der Waals surface area (Å²) in [5, 5.41) is 3.69. The Morgan fingerprint density at radius 3 is 2.71 bits per heavy atom. The number of pyridine rings is 1. The molecule has 0 spiro atoms. The zero-order chi connectivity index (χ0) is 15.2. The lowest BCUT2D eigenvalue weighted by Crippen LogP contribution is -2.39. The molecule has 4 nitrogen and oxygen atoms in total. The van der Waals surface area contributed by atoms with Crippen molar-refractivity contribution in [2.75, 3.05) is 43.9 Å². The van der Waals surface area contributed by atoms with Crippen molar-refractivity contribution in [2.24, 2.45) is 5.92 Å². The molecule has 1 atom stereocenters. The van der Waals surface area contributed by atoms with E-state index in [0.29, 0.717) is 6.04 Å². The fraction of sp³-hybridized carbons (Fsp3) is 0.706. The molecule has 1 aliphatic rings. The maximum absolute atomic E-state index is 4.47. The van der Waals surface area contributed by atoms with E-state index in [2.05, 4.69) is 40.0 Å². The van der Waals surface area contributed by atoms with Gasteiger partial charge in [-0.05, 0) is 63.9 Å². The van der Waals surface area contributed by atoms with Gasteiger partial charge < -0.3 is 15.1 Å². The van der Waals surface area contributed by atoms with E-state index >= 15 is 0 Å². The van der Waals surface area contributed by atoms with E-state index in [-0.39, 0.29) is 0 Å². The number of aromatic nitrogens is 1. The van der Waals surface area contributed by atoms with Gasteiger partial charge in [0.05, 0.1) is 5.69 Å². The maximum Gasteiger partial charge on any atom is 0.151 e. The maximum atomic E-state index is 4.47. The molecule has 0 aliphatic carbocycles. The van der Waals surface area contributed by atoms with Crippen LogP contribution in [0.25, 0.3) is 0 Å². The molecule has 1 fully saturated rings. The molecular weight excluding hydrogens is 260 g/mol. The number of nitrogens with one attached hydrogen (secondary N) is 1. The van der Waals surface area contributed by atoms with E-state index in [1.807, 2.05) is 26.4 Å². The van der Waals surface area contributed by atoms with E-state index in [0.717, 1.165) is 17.4 Å². The van der Waals surface area contributed by atoms with Gasteiger partial charge in [-0.25, -0.2) is 4.98 Å². The highest BCUT2D eigenvalue weighted by molar-refractivity contribution is 5.65. The molecule has 1 aromatic heterocycles. The number of nitrogens with zero attached hydrogens (tertiary/aromatic N) is 3. The van der Waals surface area contributed by atoms with Crippen LogP contribution >= 0.6 is 0 Å². The molecule has 118 valence electrons. The van der Waals surface area contributed by atoms with E-state index in [4.69, 9.17) is 0 Å². The van der Waals surface area contributed by atoms with Crippen molar-refractivity contribution in [1.29, 1.82) is 0 Å². The summed E-state index contributed by atoms with van der Waals surface area (Å²) in [6.45, 7) is 8.33. The zero-order valence-corrected chi connectivity index (χ0v) is 14.0. The number of anilines is 2. The fourth-order valence-electron chi connectivity index (χ4n) is 3.22. The van der Waals surface area contributed by atoms with Crippen LogP contribution in [0.5, 0.6) is 0 Å². The Bertz CT molecular complexity index is 425. The van der Waals surface area contributed by atoms with Crippen molar-refractivity contribution in [3.8, 4) is 0 Å². The van der Waals surface area contributed by atoms with Crippen molar-refractivity contribution < 1.29 is 0 Å². The number of rotatable bonds is 6. The highest BCUT2D eigenvalue weighted by atomic mass is 15.2. The van der Waals surface area contributed by atoms with Gasteiger partial charge in [0.25, 0.3) is 0 Å². The molecule has 1 aliphatic heterocycles. The van der Waals surface area contributed by atoms with Gasteiger partial charge in [-0.3, -0.25) is 0 Å². The lowest BCUT2D eigenvalue weighted by atomic mass is 9.90. The lowest BCUT2D eigenvalue weighted by Gasteiger charge is -2.35. The van der Waals surface area contributed by atoms with Crippen LogP contribution in [0.4, 0.5) is 11.5 Å². The van der Waals surface area contributed by atoms with E-state index in [9.17, 15) is 0 Å². The first-order valence-corrected chi connectivity index (χ1v) is 8.23. The van der Waals surface area contributed by atoms with Gasteiger partial charge in [-0.2, -0.15) is 0 Å². The zero-order valence-electron chi connectivity index (χ0n) is 14.0. The third-order valence-electron chi connectivity index (χ3n) is 4.47. The molecule has 21 heavy (non-hydrogen) atoms. The van der Waals surface area contributed by atoms with Crippen molar-refractivity contribution in [3.63, 3.8) is 0 Å². The number of hydrogen-bond donors (Lipinski definition) is 1. The minimum absolute atomic E-state index is 0.497. The Labute approximate surface area is 129 Å². The Hall–Kier alpha value is -1.29. The first kappa shape index (κ1) is 16.1. The van der Waals surface area contributed by atoms with Gasteiger partial charge in [0.1, 0.15) is 0 Å². The van der Waals surface area contributed by atoms with Crippen LogP contribution in [0.3, 0.4) is 0 Å². The van der Waals surface area contributed by atoms with E-state index < -0.39 is 0 Å². The largest absolute Gasteiger partial charge is 0.379 e. The molecular formula is C17H30N4. The minimum atomic E-state index is 0.497. The summed E-state index contributed by atoms with van der Waals surface area (Å²) in [5.41, 5.74) is 1.14. The molecule has 4 heteroatoms. The Morgan fingerprint density at radius 2 is 2.10 bits per heavy atom. The topological polar surface area (TPSA) is 31.4 Å². The Morgan fingerprint density at radius 1 is 1.38 bits per heavy atom. The smallest absolute Gasteiger partial charge is 0.151 e. The summed E-state index contributed by atoms with van der Waals surface area (Å²) in [6.07, 6.45) is 5.71. The van der Waals surface area contributed by atoms with Gasteiger partial charge in [0.15, 0.2) is 5.82 Å². The highest BCUT2D eigenvalue weighted by Crippen LogP contribution is 2.26. The average molecular weight is 290 g/mol. The Balaban J connectivity index is 1.92. The summed E-state index contributed by atoms with van der Waals surface area (Å²) in [4.78, 5) is 9.13. The van der Waals surface area contributed by atoms with Crippen molar-refractivity contribution in [1.82, 2.24) is 9.88 Å². The fourth-order valence-corrected chi connectivity index (χ4v) is 3.22. The second-order valence-corrected chi connectivity index (χ2v) is 6.38. The van der Waals surface area contributed by atoms with Crippen LogP contribution in [-0.2, 0) is 0 Å². The minimum Gasteiger partial charge on any atom is -0.379 e. The summed E-state index contributed by atoms with van der Waals surface area (Å²) in [6, 6.07) is 4.63. The first-order valence-electron chi connectivity index (χ1n) is 8.23.